The molecule has 6 heteroatoms. The lowest BCUT2D eigenvalue weighted by Crippen LogP contribution is -2.10. The second-order valence-corrected chi connectivity index (χ2v) is 8.54. The Morgan fingerprint density at radius 1 is 1.04 bits per heavy atom. The summed E-state index contributed by atoms with van der Waals surface area (Å²) < 4.78 is 15.0. The number of nitrogens with zero attached hydrogens (tertiary/aromatic N) is 3. The van der Waals surface area contributed by atoms with Crippen LogP contribution in [0.2, 0.25) is 0 Å². The van der Waals surface area contributed by atoms with Gasteiger partial charge in [-0.1, -0.05) is 56.8 Å². The van der Waals surface area contributed by atoms with Crippen molar-refractivity contribution in [2.75, 3.05) is 5.75 Å². The molecule has 0 aliphatic carbocycles. The van der Waals surface area contributed by atoms with E-state index >= 15 is 0 Å². The second kappa shape index (κ2) is 8.27. The molecule has 0 atom stereocenters. The molecule has 0 aliphatic heterocycles. The van der Waals surface area contributed by atoms with Crippen LogP contribution < -0.4 is 0 Å². The Balaban J connectivity index is 1.76. The molecule has 146 valence electrons. The number of carbonyl (C=O) groups excluding carboxylic acids is 1. The van der Waals surface area contributed by atoms with E-state index in [1.807, 2.05) is 11.5 Å². The number of halogens is 1. The van der Waals surface area contributed by atoms with Crippen LogP contribution in [0, 0.1) is 5.82 Å². The topological polar surface area (TPSA) is 47.8 Å². The maximum Gasteiger partial charge on any atom is 0.191 e. The summed E-state index contributed by atoms with van der Waals surface area (Å²) >= 11 is 1.35. The molecule has 0 amide bonds. The Morgan fingerprint density at radius 2 is 1.68 bits per heavy atom. The minimum Gasteiger partial charge on any atom is -0.302 e. The van der Waals surface area contributed by atoms with Crippen molar-refractivity contribution in [1.29, 1.82) is 0 Å². The Bertz CT molecular complexity index is 957. The summed E-state index contributed by atoms with van der Waals surface area (Å²) in [4.78, 5) is 12.3. The molecule has 0 unspecified atom stereocenters. The number of hydrogen-bond acceptors (Lipinski definition) is 4. The third-order valence-corrected chi connectivity index (χ3v) is 5.51. The van der Waals surface area contributed by atoms with Crippen molar-refractivity contribution in [3.05, 3.63) is 65.5 Å². The van der Waals surface area contributed by atoms with Gasteiger partial charge in [-0.25, -0.2) is 4.39 Å². The maximum atomic E-state index is 13.0. The normalized spacial score (nSPS) is 11.6. The first-order valence-electron chi connectivity index (χ1n) is 9.25. The monoisotopic (exact) mass is 397 g/mol. The summed E-state index contributed by atoms with van der Waals surface area (Å²) in [7, 11) is 0. The molecule has 0 aliphatic rings. The van der Waals surface area contributed by atoms with Crippen molar-refractivity contribution < 1.29 is 9.18 Å². The number of benzene rings is 2. The first-order valence-corrected chi connectivity index (χ1v) is 10.2. The lowest BCUT2D eigenvalue weighted by Gasteiger charge is -2.19. The molecule has 0 saturated heterocycles. The average Bonchev–Trinajstić information content (AvgIpc) is 3.09. The van der Waals surface area contributed by atoms with E-state index in [-0.39, 0.29) is 22.8 Å². The first-order chi connectivity index (χ1) is 13.3. The van der Waals surface area contributed by atoms with Crippen LogP contribution in [0.15, 0.2) is 53.7 Å². The van der Waals surface area contributed by atoms with Gasteiger partial charge in [0.25, 0.3) is 0 Å². The largest absolute Gasteiger partial charge is 0.302 e. The molecule has 0 N–H and O–H groups in total. The van der Waals surface area contributed by atoms with Gasteiger partial charge in [-0.3, -0.25) is 4.79 Å². The molecule has 3 aromatic rings. The number of ketones is 1. The van der Waals surface area contributed by atoms with E-state index < -0.39 is 0 Å². The zero-order chi connectivity index (χ0) is 20.3. The van der Waals surface area contributed by atoms with E-state index in [0.29, 0.717) is 17.3 Å². The predicted molar refractivity (Wildman–Crippen MR) is 111 cm³/mol. The molecule has 0 saturated carbocycles. The van der Waals surface area contributed by atoms with E-state index in [0.717, 1.165) is 11.4 Å². The lowest BCUT2D eigenvalue weighted by atomic mass is 9.87. The fraction of sp³-hybridized carbons (Fsp3) is 0.318. The van der Waals surface area contributed by atoms with Gasteiger partial charge in [0, 0.05) is 17.7 Å². The Kier molecular flexibility index (Phi) is 5.98. The SMILES string of the molecule is CCn1c(SCC(=O)c2ccc(F)cc2)nnc1-c1ccc(C(C)(C)C)cc1. The van der Waals surface area contributed by atoms with Crippen LogP contribution in [0.3, 0.4) is 0 Å². The van der Waals surface area contributed by atoms with Gasteiger partial charge in [0.2, 0.25) is 0 Å². The molecule has 2 aromatic carbocycles. The smallest absolute Gasteiger partial charge is 0.191 e. The van der Waals surface area contributed by atoms with Crippen LogP contribution >= 0.6 is 11.8 Å². The predicted octanol–water partition coefficient (Wildman–Crippen LogP) is 5.38. The number of thioether (sulfide) groups is 1. The summed E-state index contributed by atoms with van der Waals surface area (Å²) in [6, 6.07) is 14.0. The fourth-order valence-corrected chi connectivity index (χ4v) is 3.76. The van der Waals surface area contributed by atoms with Crippen molar-refractivity contribution in [3.63, 3.8) is 0 Å². The molecule has 0 spiro atoms. The Morgan fingerprint density at radius 3 is 2.25 bits per heavy atom. The van der Waals surface area contributed by atoms with Crippen molar-refractivity contribution in [3.8, 4) is 11.4 Å². The van der Waals surface area contributed by atoms with Crippen LogP contribution in [0.1, 0.15) is 43.6 Å². The number of aromatic nitrogens is 3. The van der Waals surface area contributed by atoms with Crippen molar-refractivity contribution >= 4 is 17.5 Å². The van der Waals surface area contributed by atoms with Gasteiger partial charge in [0.1, 0.15) is 5.82 Å². The van der Waals surface area contributed by atoms with E-state index in [2.05, 4.69) is 55.2 Å². The summed E-state index contributed by atoms with van der Waals surface area (Å²) in [5, 5.41) is 9.32. The summed E-state index contributed by atoms with van der Waals surface area (Å²) in [6.07, 6.45) is 0. The minimum atomic E-state index is -0.350. The molecule has 0 radical (unpaired) electrons. The van der Waals surface area contributed by atoms with Gasteiger partial charge in [0.15, 0.2) is 16.8 Å². The maximum absolute atomic E-state index is 13.0. The highest BCUT2D eigenvalue weighted by Gasteiger charge is 2.17. The summed E-state index contributed by atoms with van der Waals surface area (Å²) in [5.74, 6) is 0.607. The molecule has 1 heterocycles. The van der Waals surface area contributed by atoms with Crippen LogP contribution in [0.4, 0.5) is 4.39 Å². The fourth-order valence-electron chi connectivity index (χ4n) is 2.86. The molecule has 4 nitrogen and oxygen atoms in total. The molecule has 0 bridgehead atoms. The van der Waals surface area contributed by atoms with E-state index in [1.165, 1.54) is 41.6 Å². The molecular formula is C22H24FN3OS. The van der Waals surface area contributed by atoms with Crippen LogP contribution in [0.5, 0.6) is 0 Å². The van der Waals surface area contributed by atoms with Crippen LogP contribution in [-0.4, -0.2) is 26.3 Å². The highest BCUT2D eigenvalue weighted by Crippen LogP contribution is 2.28. The molecule has 1 aromatic heterocycles. The van der Waals surface area contributed by atoms with Gasteiger partial charge >= 0.3 is 0 Å². The van der Waals surface area contributed by atoms with Gasteiger partial charge in [-0.05, 0) is 42.2 Å². The second-order valence-electron chi connectivity index (χ2n) is 7.60. The van der Waals surface area contributed by atoms with Gasteiger partial charge in [-0.15, -0.1) is 10.2 Å². The minimum absolute atomic E-state index is 0.0632. The number of rotatable bonds is 6. The van der Waals surface area contributed by atoms with Crippen molar-refractivity contribution in [2.45, 2.75) is 44.8 Å². The third-order valence-electron chi connectivity index (χ3n) is 4.54. The summed E-state index contributed by atoms with van der Waals surface area (Å²) in [6.45, 7) is 9.29. The van der Waals surface area contributed by atoms with Crippen molar-refractivity contribution in [1.82, 2.24) is 14.8 Å². The van der Waals surface area contributed by atoms with E-state index in [4.69, 9.17) is 0 Å². The highest BCUT2D eigenvalue weighted by atomic mass is 32.2. The molecule has 0 fully saturated rings. The number of hydrogen-bond donors (Lipinski definition) is 0. The van der Waals surface area contributed by atoms with Crippen LogP contribution in [-0.2, 0) is 12.0 Å². The molecule has 3 rings (SSSR count). The average molecular weight is 398 g/mol. The molecular weight excluding hydrogens is 373 g/mol. The van der Waals surface area contributed by atoms with Crippen LogP contribution in [0.25, 0.3) is 11.4 Å². The lowest BCUT2D eigenvalue weighted by molar-refractivity contribution is 0.102. The highest BCUT2D eigenvalue weighted by molar-refractivity contribution is 7.99. The number of carbonyl (C=O) groups is 1. The van der Waals surface area contributed by atoms with Crippen molar-refractivity contribution in [2.24, 2.45) is 0 Å². The zero-order valence-electron chi connectivity index (χ0n) is 16.6. The summed E-state index contributed by atoms with van der Waals surface area (Å²) in [5.41, 5.74) is 2.85. The first kappa shape index (κ1) is 20.3. The molecule has 28 heavy (non-hydrogen) atoms. The third kappa shape index (κ3) is 4.50. The van der Waals surface area contributed by atoms with E-state index in [9.17, 15) is 9.18 Å². The van der Waals surface area contributed by atoms with E-state index in [1.54, 1.807) is 0 Å². The zero-order valence-corrected chi connectivity index (χ0v) is 17.4. The van der Waals surface area contributed by atoms with Gasteiger partial charge in [0.05, 0.1) is 5.75 Å². The Hall–Kier alpha value is -2.47. The Labute approximate surface area is 169 Å². The quantitative estimate of drug-likeness (QED) is 0.414. The van der Waals surface area contributed by atoms with Gasteiger partial charge < -0.3 is 4.57 Å². The number of Topliss-reactive ketones (excluding diaryl/α,β-unsaturated/α-hetero) is 1. The van der Waals surface area contributed by atoms with Gasteiger partial charge in [-0.2, -0.15) is 0 Å². The standard InChI is InChI=1S/C22H24FN3OS/c1-5-26-20(16-6-10-17(11-7-16)22(2,3)4)24-25-21(26)28-14-19(27)15-8-12-18(23)13-9-15/h6-13H,5,14H2,1-4H3.